The monoisotopic (exact) mass is 315 g/mol. The molecule has 1 aromatic heterocycles. The fourth-order valence-corrected chi connectivity index (χ4v) is 1.85. The number of rotatable bonds is 5. The van der Waals surface area contributed by atoms with Crippen LogP contribution in [0.5, 0.6) is 0 Å². The zero-order chi connectivity index (χ0) is 16.8. The minimum absolute atomic E-state index is 0.116. The lowest BCUT2D eigenvalue weighted by Gasteiger charge is -2.07. The van der Waals surface area contributed by atoms with Crippen molar-refractivity contribution in [3.8, 4) is 0 Å². The van der Waals surface area contributed by atoms with Crippen LogP contribution < -0.4 is 10.6 Å². The molecule has 0 radical (unpaired) electrons. The summed E-state index contributed by atoms with van der Waals surface area (Å²) in [6.07, 6.45) is 0.955. The first-order valence-corrected chi connectivity index (χ1v) is 7.04. The van der Waals surface area contributed by atoms with Crippen molar-refractivity contribution in [2.45, 2.75) is 13.8 Å². The molecule has 0 aliphatic rings. The minimum atomic E-state index is -0.535. The topological polar surface area (TPSA) is 100 Å². The van der Waals surface area contributed by atoms with Gasteiger partial charge in [-0.2, -0.15) is 0 Å². The number of carbonyl (C=O) groups is 3. The average Bonchev–Trinajstić information content (AvgIpc) is 3.00. The molecule has 7 nitrogen and oxygen atoms in total. The molecular formula is C16H17N3O4. The second-order valence-electron chi connectivity index (χ2n) is 4.74. The van der Waals surface area contributed by atoms with Gasteiger partial charge in [-0.1, -0.05) is 0 Å². The molecule has 120 valence electrons. The van der Waals surface area contributed by atoms with E-state index in [9.17, 15) is 14.4 Å². The second-order valence-corrected chi connectivity index (χ2v) is 4.74. The van der Waals surface area contributed by atoms with Gasteiger partial charge in [-0.3, -0.25) is 14.9 Å². The molecule has 0 aliphatic heterocycles. The standard InChI is InChI=1S/C16H17N3O4/c1-3-23-16(22)19-13-6-4-12(5-7-13)18-15(21)14-8-11(9-17-14)10(2)20/h4-9,17H,3H2,1-2H3,(H,18,21)(H,19,22). The average molecular weight is 315 g/mol. The highest BCUT2D eigenvalue weighted by Gasteiger charge is 2.11. The van der Waals surface area contributed by atoms with E-state index in [0.29, 0.717) is 29.2 Å². The molecule has 0 bridgehead atoms. The van der Waals surface area contributed by atoms with Crippen LogP contribution in [0.3, 0.4) is 0 Å². The number of ether oxygens (including phenoxy) is 1. The van der Waals surface area contributed by atoms with Crippen molar-refractivity contribution in [2.24, 2.45) is 0 Å². The van der Waals surface area contributed by atoms with E-state index in [2.05, 4.69) is 15.6 Å². The van der Waals surface area contributed by atoms with Crippen LogP contribution in [0, 0.1) is 0 Å². The van der Waals surface area contributed by atoms with E-state index in [-0.39, 0.29) is 11.7 Å². The molecular weight excluding hydrogens is 298 g/mol. The molecule has 0 saturated heterocycles. The summed E-state index contributed by atoms with van der Waals surface area (Å²) in [4.78, 5) is 37.3. The number of H-pyrrole nitrogens is 1. The number of aromatic amines is 1. The van der Waals surface area contributed by atoms with Crippen LogP contribution in [-0.4, -0.2) is 29.4 Å². The molecule has 7 heteroatoms. The van der Waals surface area contributed by atoms with Crippen molar-refractivity contribution in [3.05, 3.63) is 47.8 Å². The Morgan fingerprint density at radius 2 is 1.70 bits per heavy atom. The summed E-state index contributed by atoms with van der Waals surface area (Å²) in [5.74, 6) is -0.474. The van der Waals surface area contributed by atoms with Crippen molar-refractivity contribution in [2.75, 3.05) is 17.2 Å². The van der Waals surface area contributed by atoms with Gasteiger partial charge in [0.25, 0.3) is 5.91 Å². The summed E-state index contributed by atoms with van der Waals surface area (Å²) in [6, 6.07) is 8.07. The fourth-order valence-electron chi connectivity index (χ4n) is 1.85. The van der Waals surface area contributed by atoms with Gasteiger partial charge in [0.15, 0.2) is 5.78 Å². The predicted octanol–water partition coefficient (Wildman–Crippen LogP) is 3.04. The minimum Gasteiger partial charge on any atom is -0.450 e. The molecule has 0 aliphatic carbocycles. The van der Waals surface area contributed by atoms with Crippen LogP contribution in [0.1, 0.15) is 34.7 Å². The van der Waals surface area contributed by atoms with Gasteiger partial charge in [0.05, 0.1) is 6.61 Å². The van der Waals surface area contributed by atoms with Gasteiger partial charge in [0.1, 0.15) is 5.69 Å². The van der Waals surface area contributed by atoms with Crippen LogP contribution in [0.2, 0.25) is 0 Å². The van der Waals surface area contributed by atoms with Crippen LogP contribution in [0.15, 0.2) is 36.5 Å². The Kier molecular flexibility index (Phi) is 5.14. The van der Waals surface area contributed by atoms with Gasteiger partial charge in [-0.05, 0) is 44.2 Å². The Balaban J connectivity index is 1.98. The number of benzene rings is 1. The van der Waals surface area contributed by atoms with E-state index in [1.807, 2.05) is 0 Å². The number of amides is 2. The van der Waals surface area contributed by atoms with Gasteiger partial charge < -0.3 is 15.0 Å². The molecule has 23 heavy (non-hydrogen) atoms. The van der Waals surface area contributed by atoms with Gasteiger partial charge in [-0.25, -0.2) is 4.79 Å². The van der Waals surface area contributed by atoms with Crippen molar-refractivity contribution < 1.29 is 19.1 Å². The molecule has 0 unspecified atom stereocenters. The largest absolute Gasteiger partial charge is 0.450 e. The summed E-state index contributed by atoms with van der Waals surface area (Å²) in [5, 5.41) is 5.24. The van der Waals surface area contributed by atoms with Crippen molar-refractivity contribution >= 4 is 29.2 Å². The maximum absolute atomic E-state index is 12.1. The number of ketones is 1. The number of anilines is 2. The summed E-state index contributed by atoms with van der Waals surface area (Å²) >= 11 is 0. The van der Waals surface area contributed by atoms with Crippen molar-refractivity contribution in [3.63, 3.8) is 0 Å². The Bertz CT molecular complexity index is 719. The number of aromatic nitrogens is 1. The van der Waals surface area contributed by atoms with Gasteiger partial charge in [0, 0.05) is 23.1 Å². The van der Waals surface area contributed by atoms with Gasteiger partial charge in [-0.15, -0.1) is 0 Å². The first-order chi connectivity index (χ1) is 11.0. The number of hydrogen-bond donors (Lipinski definition) is 3. The Labute approximate surface area is 133 Å². The van der Waals surface area contributed by atoms with Crippen LogP contribution in [0.4, 0.5) is 16.2 Å². The van der Waals surface area contributed by atoms with E-state index in [4.69, 9.17) is 4.74 Å². The molecule has 3 N–H and O–H groups in total. The Morgan fingerprint density at radius 3 is 2.22 bits per heavy atom. The number of nitrogens with one attached hydrogen (secondary N) is 3. The number of Topliss-reactive ketones (excluding diaryl/α,β-unsaturated/α-hetero) is 1. The van der Waals surface area contributed by atoms with E-state index < -0.39 is 6.09 Å². The highest BCUT2D eigenvalue weighted by Crippen LogP contribution is 2.15. The smallest absolute Gasteiger partial charge is 0.411 e. The molecule has 2 aromatic rings. The third-order valence-electron chi connectivity index (χ3n) is 3.00. The maximum Gasteiger partial charge on any atom is 0.411 e. The third-order valence-corrected chi connectivity index (χ3v) is 3.00. The summed E-state index contributed by atoms with van der Waals surface area (Å²) in [6.45, 7) is 3.44. The zero-order valence-corrected chi connectivity index (χ0v) is 12.8. The van der Waals surface area contributed by atoms with Crippen LogP contribution in [-0.2, 0) is 4.74 Å². The van der Waals surface area contributed by atoms with E-state index in [1.165, 1.54) is 19.2 Å². The van der Waals surface area contributed by atoms with Crippen molar-refractivity contribution in [1.29, 1.82) is 0 Å². The Hall–Kier alpha value is -3.09. The quantitative estimate of drug-likeness (QED) is 0.738. The first-order valence-electron chi connectivity index (χ1n) is 7.04. The summed E-state index contributed by atoms with van der Waals surface area (Å²) in [5.41, 5.74) is 1.86. The van der Waals surface area contributed by atoms with E-state index in [1.54, 1.807) is 31.2 Å². The van der Waals surface area contributed by atoms with Crippen LogP contribution in [0.25, 0.3) is 0 Å². The van der Waals surface area contributed by atoms with Gasteiger partial charge in [0.2, 0.25) is 0 Å². The fraction of sp³-hybridized carbons (Fsp3) is 0.188. The molecule has 1 aromatic carbocycles. The zero-order valence-electron chi connectivity index (χ0n) is 12.8. The van der Waals surface area contributed by atoms with Crippen molar-refractivity contribution in [1.82, 2.24) is 4.98 Å². The molecule has 0 spiro atoms. The Morgan fingerprint density at radius 1 is 1.09 bits per heavy atom. The molecule has 2 rings (SSSR count). The second kappa shape index (κ2) is 7.26. The summed E-state index contributed by atoms with van der Waals surface area (Å²) in [7, 11) is 0. The van der Waals surface area contributed by atoms with E-state index in [0.717, 1.165) is 0 Å². The first kappa shape index (κ1) is 16.3. The third kappa shape index (κ3) is 4.44. The SMILES string of the molecule is CCOC(=O)Nc1ccc(NC(=O)c2cc(C(C)=O)c[nH]2)cc1. The summed E-state index contributed by atoms with van der Waals surface area (Å²) < 4.78 is 4.77. The lowest BCUT2D eigenvalue weighted by atomic mass is 10.2. The predicted molar refractivity (Wildman–Crippen MR) is 85.8 cm³/mol. The molecule has 0 fully saturated rings. The maximum atomic E-state index is 12.1. The number of carbonyl (C=O) groups excluding carboxylic acids is 3. The normalized spacial score (nSPS) is 10.0. The molecule has 0 atom stereocenters. The molecule has 2 amide bonds. The highest BCUT2D eigenvalue weighted by molar-refractivity contribution is 6.05. The highest BCUT2D eigenvalue weighted by atomic mass is 16.5. The lowest BCUT2D eigenvalue weighted by Crippen LogP contribution is -2.14. The van der Waals surface area contributed by atoms with E-state index >= 15 is 0 Å². The van der Waals surface area contributed by atoms with Crippen LogP contribution >= 0.6 is 0 Å². The molecule has 1 heterocycles. The van der Waals surface area contributed by atoms with Gasteiger partial charge >= 0.3 is 6.09 Å². The number of hydrogen-bond acceptors (Lipinski definition) is 4. The lowest BCUT2D eigenvalue weighted by molar-refractivity contribution is 0.101. The molecule has 0 saturated carbocycles.